The van der Waals surface area contributed by atoms with Gasteiger partial charge < -0.3 is 10.5 Å². The second-order valence-electron chi connectivity index (χ2n) is 3.19. The number of hydrogen-bond acceptors (Lipinski definition) is 2. The molecule has 0 saturated carbocycles. The molecule has 0 saturated heterocycles. The van der Waals surface area contributed by atoms with Crippen LogP contribution in [0.25, 0.3) is 0 Å². The topological polar surface area (TPSA) is 35.2 Å². The number of ether oxygens (including phenoxy) is 1. The van der Waals surface area contributed by atoms with Crippen molar-refractivity contribution in [2.75, 3.05) is 0 Å². The van der Waals surface area contributed by atoms with E-state index in [-0.39, 0.29) is 11.8 Å². The molecule has 0 aliphatic carbocycles. The molecule has 0 heterocycles. The summed E-state index contributed by atoms with van der Waals surface area (Å²) in [7, 11) is 0. The van der Waals surface area contributed by atoms with Crippen molar-refractivity contribution < 1.29 is 13.5 Å². The van der Waals surface area contributed by atoms with Crippen molar-refractivity contribution in [1.82, 2.24) is 0 Å². The molecule has 0 radical (unpaired) electrons. The van der Waals surface area contributed by atoms with E-state index in [9.17, 15) is 8.78 Å². The van der Waals surface area contributed by atoms with E-state index in [2.05, 4.69) is 4.74 Å². The summed E-state index contributed by atoms with van der Waals surface area (Å²) < 4.78 is 28.1. The van der Waals surface area contributed by atoms with Crippen molar-refractivity contribution in [3.05, 3.63) is 29.3 Å². The molecule has 2 N–H and O–H groups in total. The minimum Gasteiger partial charge on any atom is -0.435 e. The fourth-order valence-electron chi connectivity index (χ4n) is 1.18. The lowest BCUT2D eigenvalue weighted by Gasteiger charge is -2.11. The Labute approximate surface area is 81.7 Å². The van der Waals surface area contributed by atoms with Gasteiger partial charge in [-0.05, 0) is 31.0 Å². The molecule has 1 rings (SSSR count). The average Bonchev–Trinajstić information content (AvgIpc) is 2.07. The largest absolute Gasteiger partial charge is 0.435 e. The van der Waals surface area contributed by atoms with Gasteiger partial charge in [0, 0.05) is 6.04 Å². The molecule has 0 unspecified atom stereocenters. The number of benzene rings is 1. The molecule has 0 fully saturated rings. The highest BCUT2D eigenvalue weighted by molar-refractivity contribution is 5.37. The summed E-state index contributed by atoms with van der Waals surface area (Å²) in [6.07, 6.45) is 0. The normalized spacial score (nSPS) is 13.0. The standard InChI is InChI=1S/C10H13F2NO/c1-6-5-8(7(2)13)3-4-9(6)14-10(11)12/h3-5,7,10H,13H2,1-2H3/t7-/m1/s1. The van der Waals surface area contributed by atoms with Gasteiger partial charge in [0.2, 0.25) is 0 Å². The zero-order valence-corrected chi connectivity index (χ0v) is 8.13. The first-order valence-electron chi connectivity index (χ1n) is 4.31. The monoisotopic (exact) mass is 201 g/mol. The maximum atomic E-state index is 11.9. The highest BCUT2D eigenvalue weighted by Crippen LogP contribution is 2.23. The van der Waals surface area contributed by atoms with Gasteiger partial charge in [-0.15, -0.1) is 0 Å². The van der Waals surface area contributed by atoms with Gasteiger partial charge >= 0.3 is 6.61 Å². The minimum atomic E-state index is -2.78. The highest BCUT2D eigenvalue weighted by atomic mass is 19.3. The third kappa shape index (κ3) is 2.67. The number of rotatable bonds is 3. The van der Waals surface area contributed by atoms with Crippen LogP contribution in [0.4, 0.5) is 8.78 Å². The highest BCUT2D eigenvalue weighted by Gasteiger charge is 2.08. The zero-order valence-electron chi connectivity index (χ0n) is 8.13. The lowest BCUT2D eigenvalue weighted by atomic mass is 10.1. The van der Waals surface area contributed by atoms with E-state index in [1.807, 2.05) is 6.92 Å². The maximum absolute atomic E-state index is 11.9. The van der Waals surface area contributed by atoms with E-state index in [0.29, 0.717) is 5.56 Å². The van der Waals surface area contributed by atoms with Crippen LogP contribution in [0.15, 0.2) is 18.2 Å². The molecule has 1 aromatic carbocycles. The van der Waals surface area contributed by atoms with E-state index in [1.54, 1.807) is 19.1 Å². The zero-order chi connectivity index (χ0) is 10.7. The fraction of sp³-hybridized carbons (Fsp3) is 0.400. The number of hydrogen-bond donors (Lipinski definition) is 1. The predicted molar refractivity (Wildman–Crippen MR) is 50.4 cm³/mol. The number of halogens is 2. The van der Waals surface area contributed by atoms with Gasteiger partial charge in [0.1, 0.15) is 5.75 Å². The molecule has 4 heteroatoms. The Bertz CT molecular complexity index is 313. The number of aryl methyl sites for hydroxylation is 1. The predicted octanol–water partition coefficient (Wildman–Crippen LogP) is 2.62. The fourth-order valence-corrected chi connectivity index (χ4v) is 1.18. The average molecular weight is 201 g/mol. The third-order valence-corrected chi connectivity index (χ3v) is 1.94. The molecule has 78 valence electrons. The van der Waals surface area contributed by atoms with Crippen molar-refractivity contribution in [2.45, 2.75) is 26.5 Å². The molecule has 1 aromatic rings. The Balaban J connectivity index is 2.90. The lowest BCUT2D eigenvalue weighted by Crippen LogP contribution is -2.07. The lowest BCUT2D eigenvalue weighted by molar-refractivity contribution is -0.0503. The smallest absolute Gasteiger partial charge is 0.387 e. The second-order valence-corrected chi connectivity index (χ2v) is 3.19. The Morgan fingerprint density at radius 2 is 2.00 bits per heavy atom. The summed E-state index contributed by atoms with van der Waals surface area (Å²) in [5.41, 5.74) is 7.22. The molecule has 0 aromatic heterocycles. The SMILES string of the molecule is Cc1cc([C@@H](C)N)ccc1OC(F)F. The number of nitrogens with two attached hydrogens (primary N) is 1. The van der Waals surface area contributed by atoms with E-state index in [4.69, 9.17) is 5.73 Å². The van der Waals surface area contributed by atoms with E-state index < -0.39 is 6.61 Å². The van der Waals surface area contributed by atoms with E-state index in [1.165, 1.54) is 6.07 Å². The molecule has 0 bridgehead atoms. The van der Waals surface area contributed by atoms with Crippen LogP contribution in [0.2, 0.25) is 0 Å². The van der Waals surface area contributed by atoms with E-state index >= 15 is 0 Å². The van der Waals surface area contributed by atoms with Gasteiger partial charge in [-0.25, -0.2) is 0 Å². The van der Waals surface area contributed by atoms with Crippen molar-refractivity contribution in [3.63, 3.8) is 0 Å². The quantitative estimate of drug-likeness (QED) is 0.815. The first-order chi connectivity index (χ1) is 6.50. The van der Waals surface area contributed by atoms with Crippen LogP contribution in [-0.4, -0.2) is 6.61 Å². The Morgan fingerprint density at radius 3 is 2.43 bits per heavy atom. The van der Waals surface area contributed by atoms with Crippen LogP contribution in [0.5, 0.6) is 5.75 Å². The van der Waals surface area contributed by atoms with Gasteiger partial charge in [-0.3, -0.25) is 0 Å². The molecule has 0 aliphatic heterocycles. The molecule has 0 spiro atoms. The Hall–Kier alpha value is -1.16. The Kier molecular flexibility index (Phi) is 3.41. The minimum absolute atomic E-state index is 0.103. The molecule has 2 nitrogen and oxygen atoms in total. The van der Waals surface area contributed by atoms with Crippen molar-refractivity contribution in [2.24, 2.45) is 5.73 Å². The summed E-state index contributed by atoms with van der Waals surface area (Å²) in [4.78, 5) is 0. The van der Waals surface area contributed by atoms with Gasteiger partial charge in [-0.2, -0.15) is 8.78 Å². The first-order valence-corrected chi connectivity index (χ1v) is 4.31. The Morgan fingerprint density at radius 1 is 1.36 bits per heavy atom. The van der Waals surface area contributed by atoms with E-state index in [0.717, 1.165) is 5.56 Å². The van der Waals surface area contributed by atoms with Gasteiger partial charge in [0.15, 0.2) is 0 Å². The molecule has 0 amide bonds. The number of alkyl halides is 2. The van der Waals surface area contributed by atoms with Crippen molar-refractivity contribution >= 4 is 0 Å². The molecule has 0 aliphatic rings. The summed E-state index contributed by atoms with van der Waals surface area (Å²) in [6.45, 7) is 0.765. The van der Waals surface area contributed by atoms with Crippen molar-refractivity contribution in [3.8, 4) is 5.75 Å². The van der Waals surface area contributed by atoms with Gasteiger partial charge in [-0.1, -0.05) is 12.1 Å². The summed E-state index contributed by atoms with van der Waals surface area (Å²) in [5, 5.41) is 0. The van der Waals surface area contributed by atoms with Crippen LogP contribution in [-0.2, 0) is 0 Å². The van der Waals surface area contributed by atoms with Crippen LogP contribution < -0.4 is 10.5 Å². The van der Waals surface area contributed by atoms with Crippen molar-refractivity contribution in [1.29, 1.82) is 0 Å². The molecular formula is C10H13F2NO. The molecule has 1 atom stereocenters. The van der Waals surface area contributed by atoms with Crippen LogP contribution in [0.3, 0.4) is 0 Å². The van der Waals surface area contributed by atoms with Crippen LogP contribution in [0.1, 0.15) is 24.1 Å². The maximum Gasteiger partial charge on any atom is 0.387 e. The van der Waals surface area contributed by atoms with Crippen LogP contribution >= 0.6 is 0 Å². The molecular weight excluding hydrogens is 188 g/mol. The van der Waals surface area contributed by atoms with Gasteiger partial charge in [0.25, 0.3) is 0 Å². The van der Waals surface area contributed by atoms with Gasteiger partial charge in [0.05, 0.1) is 0 Å². The summed E-state index contributed by atoms with van der Waals surface area (Å²) >= 11 is 0. The molecule has 14 heavy (non-hydrogen) atoms. The summed E-state index contributed by atoms with van der Waals surface area (Å²) in [5.74, 6) is 0.199. The van der Waals surface area contributed by atoms with Crippen LogP contribution in [0, 0.1) is 6.92 Å². The third-order valence-electron chi connectivity index (χ3n) is 1.94. The first kappa shape index (κ1) is 10.9. The second kappa shape index (κ2) is 4.37. The summed E-state index contributed by atoms with van der Waals surface area (Å²) in [6, 6.07) is 4.85.